The number of aliphatic hydroxyl groups excluding tert-OH is 1. The number of halogens is 1. The number of rotatable bonds is 12. The number of ether oxygens (including phenoxy) is 1. The van der Waals surface area contributed by atoms with E-state index >= 15 is 0 Å². The Morgan fingerprint density at radius 1 is 1.17 bits per heavy atom. The van der Waals surface area contributed by atoms with Crippen molar-refractivity contribution in [2.24, 2.45) is 5.73 Å². The molecular formula is C26H26ClN3O3S2. The third-order valence-electron chi connectivity index (χ3n) is 5.35. The maximum Gasteiger partial charge on any atom is 0.268 e. The van der Waals surface area contributed by atoms with E-state index in [2.05, 4.69) is 35.3 Å². The molecule has 0 spiro atoms. The lowest BCUT2D eigenvalue weighted by Gasteiger charge is -2.14. The first-order valence-corrected chi connectivity index (χ1v) is 13.2. The van der Waals surface area contributed by atoms with Crippen LogP contribution in [0.15, 0.2) is 82.3 Å². The van der Waals surface area contributed by atoms with Gasteiger partial charge in [0.25, 0.3) is 5.91 Å². The Labute approximate surface area is 217 Å². The number of amides is 1. The molecule has 0 aliphatic heterocycles. The van der Waals surface area contributed by atoms with Crippen LogP contribution in [0.2, 0.25) is 4.34 Å². The molecule has 0 saturated heterocycles. The van der Waals surface area contributed by atoms with Crippen molar-refractivity contribution >= 4 is 40.6 Å². The molecular weight excluding hydrogens is 502 g/mol. The minimum Gasteiger partial charge on any atom is -0.489 e. The van der Waals surface area contributed by atoms with E-state index in [0.29, 0.717) is 19.6 Å². The number of aryl methyl sites for hydroxylation is 1. The highest BCUT2D eigenvalue weighted by molar-refractivity contribution is 8.01. The van der Waals surface area contributed by atoms with Crippen molar-refractivity contribution in [1.82, 2.24) is 9.55 Å². The summed E-state index contributed by atoms with van der Waals surface area (Å²) in [5.74, 6) is 0.280. The van der Waals surface area contributed by atoms with Gasteiger partial charge in [-0.25, -0.2) is 4.98 Å². The monoisotopic (exact) mass is 527 g/mol. The number of carbonyl (C=O) groups excluding carboxylic acids is 1. The molecule has 0 fully saturated rings. The zero-order valence-corrected chi connectivity index (χ0v) is 21.4. The predicted molar refractivity (Wildman–Crippen MR) is 140 cm³/mol. The van der Waals surface area contributed by atoms with Crippen LogP contribution in [0.3, 0.4) is 0 Å². The minimum atomic E-state index is -0.576. The topological polar surface area (TPSA) is 90.4 Å². The van der Waals surface area contributed by atoms with Gasteiger partial charge in [0.05, 0.1) is 21.0 Å². The fourth-order valence-corrected chi connectivity index (χ4v) is 5.86. The summed E-state index contributed by atoms with van der Waals surface area (Å²) in [4.78, 5) is 16.2. The number of hydrogen-bond donors (Lipinski definition) is 2. The highest BCUT2D eigenvalue weighted by Crippen LogP contribution is 2.35. The van der Waals surface area contributed by atoms with Gasteiger partial charge in [-0.05, 0) is 60.7 Å². The van der Waals surface area contributed by atoms with Crippen molar-refractivity contribution in [3.8, 4) is 5.75 Å². The van der Waals surface area contributed by atoms with Crippen LogP contribution in [0.5, 0.6) is 5.75 Å². The van der Waals surface area contributed by atoms with Gasteiger partial charge in [0.15, 0.2) is 0 Å². The van der Waals surface area contributed by atoms with Crippen LogP contribution in [0.25, 0.3) is 0 Å². The summed E-state index contributed by atoms with van der Waals surface area (Å²) in [6.07, 6.45) is 4.74. The molecule has 1 atom stereocenters. The van der Waals surface area contributed by atoms with Gasteiger partial charge in [0.2, 0.25) is 0 Å². The number of imidazole rings is 1. The van der Waals surface area contributed by atoms with Gasteiger partial charge in [0, 0.05) is 17.6 Å². The first-order valence-electron chi connectivity index (χ1n) is 11.2. The first-order chi connectivity index (χ1) is 17.0. The molecule has 1 unspecified atom stereocenters. The number of para-hydroxylation sites is 1. The van der Waals surface area contributed by atoms with Gasteiger partial charge in [-0.2, -0.15) is 0 Å². The number of hydrogen-bond acceptors (Lipinski definition) is 6. The van der Waals surface area contributed by atoms with Crippen LogP contribution in [-0.2, 0) is 19.6 Å². The summed E-state index contributed by atoms with van der Waals surface area (Å²) in [7, 11) is 0. The molecule has 2 aromatic heterocycles. The molecule has 1 amide bonds. The number of benzene rings is 2. The summed E-state index contributed by atoms with van der Waals surface area (Å²) in [5, 5.41) is 10.4. The quantitative estimate of drug-likeness (QED) is 0.242. The number of carbonyl (C=O) groups is 1. The maximum atomic E-state index is 11.2. The molecule has 2 heterocycles. The third-order valence-corrected chi connectivity index (χ3v) is 7.72. The number of aromatic nitrogens is 2. The second kappa shape index (κ2) is 12.3. The van der Waals surface area contributed by atoms with Crippen molar-refractivity contribution in [2.45, 2.75) is 47.6 Å². The molecule has 9 heteroatoms. The van der Waals surface area contributed by atoms with E-state index < -0.39 is 12.0 Å². The van der Waals surface area contributed by atoms with Crippen LogP contribution in [0.1, 0.15) is 34.5 Å². The molecule has 35 heavy (non-hydrogen) atoms. The molecule has 2 aromatic carbocycles. The van der Waals surface area contributed by atoms with Crippen molar-refractivity contribution in [2.75, 3.05) is 0 Å². The second-order valence-corrected chi connectivity index (χ2v) is 11.2. The highest BCUT2D eigenvalue weighted by Gasteiger charge is 2.10. The molecule has 0 saturated carbocycles. The molecule has 6 nitrogen and oxygen atoms in total. The van der Waals surface area contributed by atoms with E-state index in [1.54, 1.807) is 33.9 Å². The van der Waals surface area contributed by atoms with Crippen LogP contribution in [0, 0.1) is 0 Å². The van der Waals surface area contributed by atoms with Crippen LogP contribution in [0.4, 0.5) is 0 Å². The summed E-state index contributed by atoms with van der Waals surface area (Å²) in [6.45, 7) is 0.852. The van der Waals surface area contributed by atoms with Gasteiger partial charge in [-0.15, -0.1) is 11.3 Å². The Bertz CT molecular complexity index is 1260. The molecule has 182 valence electrons. The zero-order valence-electron chi connectivity index (χ0n) is 19.0. The van der Waals surface area contributed by atoms with Crippen LogP contribution >= 0.6 is 34.7 Å². The number of nitrogens with two attached hydrogens (primary N) is 1. The Morgan fingerprint density at radius 3 is 2.69 bits per heavy atom. The number of nitrogens with zero attached hydrogens (tertiary/aromatic N) is 2. The number of thiophene rings is 1. The Kier molecular flexibility index (Phi) is 8.87. The molecule has 3 N–H and O–H groups in total. The number of aliphatic hydroxyl groups is 1. The standard InChI is InChI=1S/C26H26ClN3O3S2/c27-24-12-13-25(35-24)34-21-10-8-18(9-11-21)16-33-23-7-2-1-4-19(23)5-3-6-20(31)14-30-15-22(26(28)32)29-17-30/h1-2,4,7-13,15,17,20,31H,3,5-6,14,16H2,(H2,28,32). The van der Waals surface area contributed by atoms with E-state index in [4.69, 9.17) is 22.1 Å². The van der Waals surface area contributed by atoms with Gasteiger partial charge in [-0.3, -0.25) is 4.79 Å². The summed E-state index contributed by atoms with van der Waals surface area (Å²) >= 11 is 9.28. The van der Waals surface area contributed by atoms with E-state index in [9.17, 15) is 9.90 Å². The molecule has 0 aliphatic carbocycles. The fourth-order valence-electron chi connectivity index (χ4n) is 3.58. The van der Waals surface area contributed by atoms with Crippen molar-refractivity contribution < 1.29 is 14.6 Å². The van der Waals surface area contributed by atoms with Crippen LogP contribution < -0.4 is 10.5 Å². The van der Waals surface area contributed by atoms with Crippen LogP contribution in [-0.4, -0.2) is 26.7 Å². The van der Waals surface area contributed by atoms with Gasteiger partial charge in [0.1, 0.15) is 18.1 Å². The summed E-state index contributed by atoms with van der Waals surface area (Å²) < 4.78 is 9.76. The summed E-state index contributed by atoms with van der Waals surface area (Å²) in [6, 6.07) is 20.3. The van der Waals surface area contributed by atoms with Crippen molar-refractivity contribution in [1.29, 1.82) is 0 Å². The lowest BCUT2D eigenvalue weighted by Crippen LogP contribution is -2.15. The lowest BCUT2D eigenvalue weighted by atomic mass is 10.0. The van der Waals surface area contributed by atoms with E-state index in [0.717, 1.165) is 38.9 Å². The Balaban J connectivity index is 1.25. The van der Waals surface area contributed by atoms with E-state index in [1.165, 1.54) is 10.5 Å². The first kappa shape index (κ1) is 25.3. The Morgan fingerprint density at radius 2 is 1.97 bits per heavy atom. The van der Waals surface area contributed by atoms with E-state index in [-0.39, 0.29) is 5.69 Å². The highest BCUT2D eigenvalue weighted by atomic mass is 35.5. The lowest BCUT2D eigenvalue weighted by molar-refractivity contribution is 0.0995. The third kappa shape index (κ3) is 7.60. The molecule has 0 aliphatic rings. The zero-order chi connectivity index (χ0) is 24.6. The largest absolute Gasteiger partial charge is 0.489 e. The SMILES string of the molecule is NC(=O)c1cn(CC(O)CCCc2ccccc2OCc2ccc(Sc3ccc(Cl)s3)cc2)cn1. The molecule has 4 rings (SSSR count). The normalized spacial score (nSPS) is 11.9. The predicted octanol–water partition coefficient (Wildman–Crippen LogP) is 5.81. The van der Waals surface area contributed by atoms with Crippen molar-refractivity contribution in [3.63, 3.8) is 0 Å². The maximum absolute atomic E-state index is 11.2. The molecule has 0 radical (unpaired) electrons. The second-order valence-electron chi connectivity index (χ2n) is 8.07. The van der Waals surface area contributed by atoms with Crippen molar-refractivity contribution in [3.05, 3.63) is 94.3 Å². The average Bonchev–Trinajstić information content (AvgIpc) is 3.48. The van der Waals surface area contributed by atoms with Gasteiger partial charge < -0.3 is 20.1 Å². The van der Waals surface area contributed by atoms with Gasteiger partial charge >= 0.3 is 0 Å². The Hall–Kier alpha value is -2.78. The van der Waals surface area contributed by atoms with Gasteiger partial charge in [-0.1, -0.05) is 53.7 Å². The summed E-state index contributed by atoms with van der Waals surface area (Å²) in [5.41, 5.74) is 7.63. The average molecular weight is 528 g/mol. The number of primary amides is 1. The molecule has 0 bridgehead atoms. The fraction of sp³-hybridized carbons (Fsp3) is 0.231. The van der Waals surface area contributed by atoms with E-state index in [1.807, 2.05) is 30.3 Å². The minimum absolute atomic E-state index is 0.198. The molecule has 4 aromatic rings. The smallest absolute Gasteiger partial charge is 0.268 e.